The number of methoxy groups -OCH3 is 1. The van der Waals surface area contributed by atoms with E-state index in [1.54, 1.807) is 11.8 Å². The molecule has 0 aliphatic heterocycles. The molecule has 2 aromatic heterocycles. The number of carbonyl (C=O) groups excluding carboxylic acids is 1. The van der Waals surface area contributed by atoms with Crippen molar-refractivity contribution in [2.24, 2.45) is 0 Å². The molecule has 0 bridgehead atoms. The number of ether oxygens (including phenoxy) is 1. The maximum absolute atomic E-state index is 12.7. The van der Waals surface area contributed by atoms with Crippen molar-refractivity contribution >= 4 is 34.4 Å². The molecule has 0 spiro atoms. The largest absolute Gasteiger partial charge is 0.494 e. The van der Waals surface area contributed by atoms with Crippen molar-refractivity contribution in [2.75, 3.05) is 18.2 Å². The van der Waals surface area contributed by atoms with Crippen molar-refractivity contribution in [2.45, 2.75) is 11.9 Å². The van der Waals surface area contributed by atoms with Crippen LogP contribution in [0.5, 0.6) is 5.75 Å². The van der Waals surface area contributed by atoms with Crippen LogP contribution in [0.25, 0.3) is 16.6 Å². The Morgan fingerprint density at radius 1 is 1.23 bits per heavy atom. The van der Waals surface area contributed by atoms with Crippen LogP contribution in [0.4, 0.5) is 5.82 Å². The predicted molar refractivity (Wildman–Crippen MR) is 121 cm³/mol. The number of benzene rings is 2. The van der Waals surface area contributed by atoms with Crippen molar-refractivity contribution < 1.29 is 9.53 Å². The summed E-state index contributed by atoms with van der Waals surface area (Å²) in [5.41, 5.74) is 2.88. The highest BCUT2D eigenvalue weighted by atomic mass is 32.2. The number of carbonyl (C=O) groups is 1. The van der Waals surface area contributed by atoms with Crippen LogP contribution in [-0.2, 0) is 4.79 Å². The highest BCUT2D eigenvalue weighted by Gasteiger charge is 2.16. The molecule has 8 heteroatoms. The fourth-order valence-corrected chi connectivity index (χ4v) is 3.99. The molecule has 4 aromatic rings. The van der Waals surface area contributed by atoms with Crippen molar-refractivity contribution in [3.05, 3.63) is 71.9 Å². The molecule has 1 amide bonds. The maximum atomic E-state index is 12.7. The second-order valence-corrected chi connectivity index (χ2v) is 7.73. The van der Waals surface area contributed by atoms with Gasteiger partial charge in [-0.25, -0.2) is 9.67 Å². The number of nitriles is 1. The first-order valence-corrected chi connectivity index (χ1v) is 10.5. The number of rotatable bonds is 6. The van der Waals surface area contributed by atoms with Gasteiger partial charge in [0.2, 0.25) is 5.91 Å². The Morgan fingerprint density at radius 3 is 2.77 bits per heavy atom. The van der Waals surface area contributed by atoms with E-state index in [-0.39, 0.29) is 11.7 Å². The molecule has 0 saturated heterocycles. The van der Waals surface area contributed by atoms with Gasteiger partial charge >= 0.3 is 0 Å². The molecule has 2 aromatic carbocycles. The second-order valence-electron chi connectivity index (χ2n) is 6.74. The summed E-state index contributed by atoms with van der Waals surface area (Å²) in [4.78, 5) is 17.3. The quantitative estimate of drug-likeness (QED) is 0.458. The Balaban J connectivity index is 1.53. The molecule has 0 aliphatic rings. The normalized spacial score (nSPS) is 10.6. The first-order chi connectivity index (χ1) is 15.1. The number of nitrogens with one attached hydrogen (secondary N) is 1. The highest BCUT2D eigenvalue weighted by molar-refractivity contribution is 7.99. The van der Waals surface area contributed by atoms with Gasteiger partial charge in [0.1, 0.15) is 22.9 Å². The van der Waals surface area contributed by atoms with Crippen molar-refractivity contribution in [1.29, 1.82) is 5.26 Å². The SMILES string of the molecule is COc1cccc2c(C)cc(SCC(=O)Nc3c(C#N)cnn3-c3ccccc3)nc12. The molecule has 0 radical (unpaired) electrons. The molecule has 0 fully saturated rings. The summed E-state index contributed by atoms with van der Waals surface area (Å²) in [6, 6.07) is 19.2. The lowest BCUT2D eigenvalue weighted by Gasteiger charge is -2.11. The molecule has 154 valence electrons. The number of hydrogen-bond acceptors (Lipinski definition) is 6. The van der Waals surface area contributed by atoms with Crippen molar-refractivity contribution in [3.8, 4) is 17.5 Å². The zero-order valence-electron chi connectivity index (χ0n) is 17.0. The smallest absolute Gasteiger partial charge is 0.235 e. The van der Waals surface area contributed by atoms with E-state index in [1.807, 2.05) is 61.5 Å². The van der Waals surface area contributed by atoms with Gasteiger partial charge in [0.05, 0.1) is 29.8 Å². The molecular formula is C23H19N5O2S. The molecule has 0 aliphatic carbocycles. The van der Waals surface area contributed by atoms with Crippen LogP contribution in [0.1, 0.15) is 11.1 Å². The monoisotopic (exact) mass is 429 g/mol. The number of para-hydroxylation sites is 2. The van der Waals surface area contributed by atoms with E-state index >= 15 is 0 Å². The number of nitrogens with zero attached hydrogens (tertiary/aromatic N) is 4. The predicted octanol–water partition coefficient (Wildman–Crippen LogP) is 4.34. The van der Waals surface area contributed by atoms with Crippen molar-refractivity contribution in [1.82, 2.24) is 14.8 Å². The van der Waals surface area contributed by atoms with E-state index < -0.39 is 0 Å². The van der Waals surface area contributed by atoms with Gasteiger partial charge < -0.3 is 10.1 Å². The average Bonchev–Trinajstić information content (AvgIpc) is 3.20. The molecule has 0 saturated carbocycles. The third kappa shape index (κ3) is 4.22. The number of hydrogen-bond donors (Lipinski definition) is 1. The number of pyridine rings is 1. The fourth-order valence-electron chi connectivity index (χ4n) is 3.22. The van der Waals surface area contributed by atoms with Gasteiger partial charge in [-0.1, -0.05) is 42.1 Å². The fraction of sp³-hybridized carbons (Fsp3) is 0.130. The summed E-state index contributed by atoms with van der Waals surface area (Å²) in [6.07, 6.45) is 1.44. The molecule has 0 atom stereocenters. The second kappa shape index (κ2) is 8.90. The van der Waals surface area contributed by atoms with E-state index in [9.17, 15) is 10.1 Å². The summed E-state index contributed by atoms with van der Waals surface area (Å²) < 4.78 is 6.97. The summed E-state index contributed by atoms with van der Waals surface area (Å²) in [6.45, 7) is 2.01. The van der Waals surface area contributed by atoms with Crippen LogP contribution in [-0.4, -0.2) is 33.5 Å². The van der Waals surface area contributed by atoms with Gasteiger partial charge in [-0.15, -0.1) is 0 Å². The minimum absolute atomic E-state index is 0.137. The van der Waals surface area contributed by atoms with E-state index in [1.165, 1.54) is 18.0 Å². The molecule has 31 heavy (non-hydrogen) atoms. The zero-order valence-corrected chi connectivity index (χ0v) is 17.8. The number of amides is 1. The zero-order chi connectivity index (χ0) is 21.8. The van der Waals surface area contributed by atoms with E-state index in [4.69, 9.17) is 4.74 Å². The van der Waals surface area contributed by atoms with Gasteiger partial charge in [0, 0.05) is 5.39 Å². The molecule has 0 unspecified atom stereocenters. The number of thioether (sulfide) groups is 1. The Kier molecular flexibility index (Phi) is 5.87. The molecule has 1 N–H and O–H groups in total. The average molecular weight is 430 g/mol. The van der Waals surface area contributed by atoms with E-state index in [2.05, 4.69) is 21.5 Å². The first kappa shape index (κ1) is 20.4. The minimum Gasteiger partial charge on any atom is -0.494 e. The lowest BCUT2D eigenvalue weighted by molar-refractivity contribution is -0.113. The molecule has 2 heterocycles. The summed E-state index contributed by atoms with van der Waals surface area (Å²) in [5.74, 6) is 0.929. The van der Waals surface area contributed by atoms with Crippen LogP contribution in [0.15, 0.2) is 65.8 Å². The van der Waals surface area contributed by atoms with Crippen LogP contribution < -0.4 is 10.1 Å². The number of anilines is 1. The maximum Gasteiger partial charge on any atom is 0.235 e. The third-order valence-electron chi connectivity index (χ3n) is 4.71. The van der Waals surface area contributed by atoms with Gasteiger partial charge in [0.25, 0.3) is 0 Å². The minimum atomic E-state index is -0.251. The van der Waals surface area contributed by atoms with Crippen LogP contribution in [0, 0.1) is 18.3 Å². The van der Waals surface area contributed by atoms with Gasteiger partial charge in [-0.2, -0.15) is 10.4 Å². The lowest BCUT2D eigenvalue weighted by Crippen LogP contribution is -2.17. The van der Waals surface area contributed by atoms with Gasteiger partial charge in [-0.3, -0.25) is 4.79 Å². The lowest BCUT2D eigenvalue weighted by atomic mass is 10.1. The van der Waals surface area contributed by atoms with E-state index in [0.717, 1.165) is 27.2 Å². The van der Waals surface area contributed by atoms with Gasteiger partial charge in [-0.05, 0) is 36.8 Å². The topological polar surface area (TPSA) is 92.8 Å². The third-order valence-corrected chi connectivity index (χ3v) is 5.62. The van der Waals surface area contributed by atoms with Crippen LogP contribution in [0.2, 0.25) is 0 Å². The molecule has 4 rings (SSSR count). The number of fused-ring (bicyclic) bond motifs is 1. The van der Waals surface area contributed by atoms with Crippen molar-refractivity contribution in [3.63, 3.8) is 0 Å². The first-order valence-electron chi connectivity index (χ1n) is 9.51. The van der Waals surface area contributed by atoms with E-state index in [0.29, 0.717) is 17.1 Å². The summed E-state index contributed by atoms with van der Waals surface area (Å²) in [7, 11) is 1.61. The number of aryl methyl sites for hydroxylation is 1. The number of aromatic nitrogens is 3. The Morgan fingerprint density at radius 2 is 2.03 bits per heavy atom. The summed E-state index contributed by atoms with van der Waals surface area (Å²) in [5, 5.41) is 18.2. The Hall–Kier alpha value is -3.83. The standard InChI is InChI=1S/C23H19N5O2S/c1-15-11-21(27-22-18(15)9-6-10-19(22)30-2)31-14-20(29)26-23-16(12-24)13-25-28(23)17-7-4-3-5-8-17/h3-11,13H,14H2,1-2H3,(H,26,29). The molecule has 7 nitrogen and oxygen atoms in total. The molecular weight excluding hydrogens is 410 g/mol. The van der Waals surface area contributed by atoms with Crippen LogP contribution >= 0.6 is 11.8 Å². The van der Waals surface area contributed by atoms with Crippen LogP contribution in [0.3, 0.4) is 0 Å². The van der Waals surface area contributed by atoms with Gasteiger partial charge in [0.15, 0.2) is 5.82 Å². The Labute approximate surface area is 183 Å². The highest BCUT2D eigenvalue weighted by Crippen LogP contribution is 2.29. The summed E-state index contributed by atoms with van der Waals surface area (Å²) >= 11 is 1.32. The Bertz CT molecular complexity index is 1290.